The Morgan fingerprint density at radius 2 is 2.14 bits per heavy atom. The highest BCUT2D eigenvalue weighted by atomic mass is 127. The van der Waals surface area contributed by atoms with E-state index >= 15 is 0 Å². The maximum atomic E-state index is 12.2. The second-order valence-corrected chi connectivity index (χ2v) is 6.96. The first-order chi connectivity index (χ1) is 10.5. The first-order valence-corrected chi connectivity index (χ1v) is 8.17. The van der Waals surface area contributed by atoms with Gasteiger partial charge in [-0.1, -0.05) is 13.8 Å². The predicted molar refractivity (Wildman–Crippen MR) is 94.9 cm³/mol. The monoisotopic (exact) mass is 412 g/mol. The van der Waals surface area contributed by atoms with Crippen molar-refractivity contribution < 1.29 is 9.84 Å². The van der Waals surface area contributed by atoms with Crippen LogP contribution >= 0.6 is 22.6 Å². The van der Waals surface area contributed by atoms with Gasteiger partial charge >= 0.3 is 0 Å². The van der Waals surface area contributed by atoms with Crippen molar-refractivity contribution in [2.45, 2.75) is 20.1 Å². The summed E-state index contributed by atoms with van der Waals surface area (Å²) in [6.07, 6.45) is 0.587. The molecule has 3 N–H and O–H groups in total. The van der Waals surface area contributed by atoms with E-state index in [1.165, 1.54) is 0 Å². The van der Waals surface area contributed by atoms with Gasteiger partial charge in [0.15, 0.2) is 6.29 Å². The van der Waals surface area contributed by atoms with Crippen molar-refractivity contribution in [3.8, 4) is 0 Å². The van der Waals surface area contributed by atoms with Gasteiger partial charge in [0.25, 0.3) is 5.56 Å². The third-order valence-corrected chi connectivity index (χ3v) is 4.16. The standard InChI is InChI=1S/C16H17IN2O3/c1-8(2)7-22-16(21)11-6-18-14-13(11)10-5-9(17)3-4-12(10)19-15(14)20/h3-6,8,16,18,21H,7H2,1-2H3,(H,19,20). The number of aliphatic hydroxyl groups excluding tert-OH is 1. The lowest BCUT2D eigenvalue weighted by Crippen LogP contribution is -2.09. The van der Waals surface area contributed by atoms with Crippen LogP contribution in [0.2, 0.25) is 0 Å². The average Bonchev–Trinajstić information content (AvgIpc) is 2.91. The van der Waals surface area contributed by atoms with E-state index in [2.05, 4.69) is 32.6 Å². The predicted octanol–water partition coefficient (Wildman–Crippen LogP) is 3.28. The van der Waals surface area contributed by atoms with Gasteiger partial charge in [-0.05, 0) is 46.7 Å². The summed E-state index contributed by atoms with van der Waals surface area (Å²) in [7, 11) is 0. The lowest BCUT2D eigenvalue weighted by molar-refractivity contribution is -0.109. The molecule has 0 fully saturated rings. The Hall–Kier alpha value is -1.38. The molecule has 1 unspecified atom stereocenters. The van der Waals surface area contributed by atoms with Crippen molar-refractivity contribution >= 4 is 44.4 Å². The van der Waals surface area contributed by atoms with Crippen LogP contribution in [0.5, 0.6) is 0 Å². The van der Waals surface area contributed by atoms with Gasteiger partial charge in [-0.15, -0.1) is 0 Å². The molecular weight excluding hydrogens is 395 g/mol. The fraction of sp³-hybridized carbons (Fsp3) is 0.312. The molecule has 22 heavy (non-hydrogen) atoms. The van der Waals surface area contributed by atoms with Crippen LogP contribution in [-0.4, -0.2) is 21.7 Å². The maximum Gasteiger partial charge on any atom is 0.272 e. The molecule has 116 valence electrons. The Labute approximate surface area is 140 Å². The minimum atomic E-state index is -1.06. The van der Waals surface area contributed by atoms with E-state index in [0.29, 0.717) is 29.0 Å². The second-order valence-electron chi connectivity index (χ2n) is 5.72. The molecule has 5 nitrogen and oxygen atoms in total. The Morgan fingerprint density at radius 1 is 1.36 bits per heavy atom. The molecule has 0 aliphatic heterocycles. The summed E-state index contributed by atoms with van der Waals surface area (Å²) in [6, 6.07) is 5.79. The normalized spacial score (nSPS) is 13.3. The van der Waals surface area contributed by atoms with E-state index in [9.17, 15) is 9.90 Å². The number of aliphatic hydroxyl groups is 1. The van der Waals surface area contributed by atoms with Crippen LogP contribution < -0.4 is 5.56 Å². The van der Waals surface area contributed by atoms with E-state index < -0.39 is 6.29 Å². The highest BCUT2D eigenvalue weighted by Gasteiger charge is 2.18. The van der Waals surface area contributed by atoms with Gasteiger partial charge in [-0.2, -0.15) is 0 Å². The molecule has 0 aliphatic carbocycles. The zero-order chi connectivity index (χ0) is 15.9. The van der Waals surface area contributed by atoms with Crippen molar-refractivity contribution in [3.63, 3.8) is 0 Å². The van der Waals surface area contributed by atoms with Crippen LogP contribution in [0.4, 0.5) is 0 Å². The van der Waals surface area contributed by atoms with E-state index in [1.807, 2.05) is 32.0 Å². The third kappa shape index (κ3) is 2.78. The number of halogens is 1. The number of aromatic nitrogens is 2. The number of hydrogen-bond donors (Lipinski definition) is 3. The van der Waals surface area contributed by atoms with Gasteiger partial charge < -0.3 is 19.8 Å². The molecular formula is C16H17IN2O3. The lowest BCUT2D eigenvalue weighted by atomic mass is 10.1. The Balaban J connectivity index is 2.21. The molecule has 6 heteroatoms. The maximum absolute atomic E-state index is 12.2. The number of ether oxygens (including phenoxy) is 1. The van der Waals surface area contributed by atoms with Gasteiger partial charge in [0.2, 0.25) is 0 Å². The minimum Gasteiger partial charge on any atom is -0.364 e. The molecule has 0 saturated heterocycles. The first kappa shape index (κ1) is 15.5. The summed E-state index contributed by atoms with van der Waals surface area (Å²) in [6.45, 7) is 4.49. The SMILES string of the molecule is CC(C)COC(O)c1c[nH]c2c(=O)[nH]c3ccc(I)cc3c12. The van der Waals surface area contributed by atoms with Crippen LogP contribution in [0.1, 0.15) is 25.7 Å². The molecule has 0 spiro atoms. The molecule has 2 heterocycles. The highest BCUT2D eigenvalue weighted by Crippen LogP contribution is 2.30. The first-order valence-electron chi connectivity index (χ1n) is 7.09. The smallest absolute Gasteiger partial charge is 0.272 e. The summed E-state index contributed by atoms with van der Waals surface area (Å²) in [5.41, 5.74) is 1.59. The Bertz CT molecular complexity index is 882. The van der Waals surface area contributed by atoms with Gasteiger partial charge in [0.05, 0.1) is 6.61 Å². The number of nitrogens with one attached hydrogen (secondary N) is 2. The molecule has 0 saturated carbocycles. The highest BCUT2D eigenvalue weighted by molar-refractivity contribution is 14.1. The van der Waals surface area contributed by atoms with Crippen molar-refractivity contribution in [2.24, 2.45) is 5.92 Å². The number of rotatable bonds is 4. The molecule has 1 atom stereocenters. The summed E-state index contributed by atoms with van der Waals surface area (Å²) < 4.78 is 6.55. The number of pyridine rings is 1. The summed E-state index contributed by atoms with van der Waals surface area (Å²) >= 11 is 2.23. The zero-order valence-corrected chi connectivity index (χ0v) is 14.5. The molecule has 0 radical (unpaired) electrons. The summed E-state index contributed by atoms with van der Waals surface area (Å²) in [4.78, 5) is 18.0. The fourth-order valence-electron chi connectivity index (χ4n) is 2.49. The number of hydrogen-bond acceptors (Lipinski definition) is 3. The van der Waals surface area contributed by atoms with E-state index in [-0.39, 0.29) is 5.56 Å². The van der Waals surface area contributed by atoms with E-state index in [4.69, 9.17) is 4.74 Å². The number of H-pyrrole nitrogens is 2. The topological polar surface area (TPSA) is 78.1 Å². The summed E-state index contributed by atoms with van der Waals surface area (Å²) in [5.74, 6) is 0.320. The van der Waals surface area contributed by atoms with Crippen molar-refractivity contribution in [1.82, 2.24) is 9.97 Å². The van der Waals surface area contributed by atoms with Gasteiger partial charge in [0, 0.05) is 31.6 Å². The second kappa shape index (κ2) is 6.02. The number of benzene rings is 1. The Kier molecular flexibility index (Phi) is 4.24. The van der Waals surface area contributed by atoms with Crippen LogP contribution in [0.25, 0.3) is 21.8 Å². The molecule has 3 rings (SSSR count). The van der Waals surface area contributed by atoms with Crippen LogP contribution in [0, 0.1) is 9.49 Å². The number of aromatic amines is 2. The molecule has 0 aliphatic rings. The van der Waals surface area contributed by atoms with Crippen molar-refractivity contribution in [3.05, 3.63) is 43.9 Å². The molecule has 1 aromatic carbocycles. The van der Waals surface area contributed by atoms with Crippen LogP contribution in [-0.2, 0) is 4.74 Å². The van der Waals surface area contributed by atoms with Gasteiger partial charge in [-0.25, -0.2) is 0 Å². The minimum absolute atomic E-state index is 0.203. The number of fused-ring (bicyclic) bond motifs is 3. The third-order valence-electron chi connectivity index (χ3n) is 3.49. The molecule has 0 amide bonds. The largest absolute Gasteiger partial charge is 0.364 e. The van der Waals surface area contributed by atoms with Crippen molar-refractivity contribution in [2.75, 3.05) is 6.61 Å². The van der Waals surface area contributed by atoms with E-state index in [1.54, 1.807) is 6.20 Å². The average molecular weight is 412 g/mol. The quantitative estimate of drug-likeness (QED) is 0.455. The van der Waals surface area contributed by atoms with Crippen LogP contribution in [0.15, 0.2) is 29.2 Å². The molecule has 0 bridgehead atoms. The summed E-state index contributed by atoms with van der Waals surface area (Å²) in [5, 5.41) is 11.9. The van der Waals surface area contributed by atoms with E-state index in [0.717, 1.165) is 14.5 Å². The van der Waals surface area contributed by atoms with Crippen molar-refractivity contribution in [1.29, 1.82) is 0 Å². The zero-order valence-electron chi connectivity index (χ0n) is 12.3. The van der Waals surface area contributed by atoms with Gasteiger partial charge in [-0.3, -0.25) is 4.79 Å². The Morgan fingerprint density at radius 3 is 2.86 bits per heavy atom. The lowest BCUT2D eigenvalue weighted by Gasteiger charge is -2.13. The van der Waals surface area contributed by atoms with Crippen LogP contribution in [0.3, 0.4) is 0 Å². The molecule has 2 aromatic heterocycles. The van der Waals surface area contributed by atoms with Gasteiger partial charge in [0.1, 0.15) is 5.52 Å². The molecule has 3 aromatic rings. The fourth-order valence-corrected chi connectivity index (χ4v) is 2.98.